The molecule has 2 heterocycles. The normalized spacial score (nSPS) is 12.0. The molecule has 7 aromatic carbocycles. The molecule has 0 saturated carbocycles. The largest absolute Gasteiger partial charge is 0.355 e. The molecule has 2 nitrogen and oxygen atoms in total. The van der Waals surface area contributed by atoms with Gasteiger partial charge in [0, 0.05) is 38.3 Å². The first kappa shape index (κ1) is 21.6. The number of fused-ring (bicyclic) bond motifs is 10. The molecule has 1 N–H and O–H groups in total. The molecule has 0 aliphatic rings. The fourth-order valence-electron chi connectivity index (χ4n) is 6.66. The zero-order chi connectivity index (χ0) is 26.2. The summed E-state index contributed by atoms with van der Waals surface area (Å²) in [7, 11) is 0. The Morgan fingerprint density at radius 1 is 0.400 bits per heavy atom. The number of hydrogen-bond donors (Lipinski definition) is 1. The van der Waals surface area contributed by atoms with Crippen molar-refractivity contribution in [3.05, 3.63) is 140 Å². The van der Waals surface area contributed by atoms with Crippen LogP contribution in [0.2, 0.25) is 0 Å². The number of rotatable bonds is 2. The Morgan fingerprint density at radius 3 is 1.62 bits per heavy atom. The van der Waals surface area contributed by atoms with E-state index in [0.717, 1.165) is 0 Å². The number of aromatic nitrogens is 2. The van der Waals surface area contributed by atoms with Crippen molar-refractivity contribution in [3.63, 3.8) is 0 Å². The van der Waals surface area contributed by atoms with E-state index >= 15 is 0 Å². The minimum Gasteiger partial charge on any atom is -0.355 e. The van der Waals surface area contributed by atoms with E-state index in [0.29, 0.717) is 0 Å². The van der Waals surface area contributed by atoms with Crippen molar-refractivity contribution in [1.29, 1.82) is 0 Å². The summed E-state index contributed by atoms with van der Waals surface area (Å²) in [5, 5.41) is 10.3. The second-order valence-corrected chi connectivity index (χ2v) is 10.7. The summed E-state index contributed by atoms with van der Waals surface area (Å²) in [6.07, 6.45) is 0. The molecule has 186 valence electrons. The summed E-state index contributed by atoms with van der Waals surface area (Å²) in [6, 6.07) is 50.8. The monoisotopic (exact) mass is 508 g/mol. The van der Waals surface area contributed by atoms with Gasteiger partial charge < -0.3 is 9.55 Å². The Labute approximate surface area is 230 Å². The first-order valence-electron chi connectivity index (χ1n) is 13.8. The second kappa shape index (κ2) is 8.08. The van der Waals surface area contributed by atoms with Crippen LogP contribution in [0, 0.1) is 0 Å². The van der Waals surface area contributed by atoms with Crippen LogP contribution in [0.5, 0.6) is 0 Å². The third-order valence-electron chi connectivity index (χ3n) is 8.51. The van der Waals surface area contributed by atoms with Crippen molar-refractivity contribution < 1.29 is 0 Å². The molecule has 2 aromatic heterocycles. The molecule has 0 atom stereocenters. The van der Waals surface area contributed by atoms with Gasteiger partial charge in [0.25, 0.3) is 0 Å². The Bertz CT molecular complexity index is 2330. The average Bonchev–Trinajstić information content (AvgIpc) is 3.57. The van der Waals surface area contributed by atoms with E-state index in [4.69, 9.17) is 0 Å². The minimum atomic E-state index is 1.17. The van der Waals surface area contributed by atoms with Gasteiger partial charge in [-0.25, -0.2) is 0 Å². The number of benzene rings is 7. The molecule has 0 bridgehead atoms. The van der Waals surface area contributed by atoms with Gasteiger partial charge in [-0.3, -0.25) is 0 Å². The summed E-state index contributed by atoms with van der Waals surface area (Å²) in [5.41, 5.74) is 8.43. The number of nitrogens with zero attached hydrogens (tertiary/aromatic N) is 1. The van der Waals surface area contributed by atoms with Gasteiger partial charge in [-0.1, -0.05) is 97.1 Å². The van der Waals surface area contributed by atoms with Crippen molar-refractivity contribution in [1.82, 2.24) is 9.55 Å². The Morgan fingerprint density at radius 2 is 0.950 bits per heavy atom. The highest BCUT2D eigenvalue weighted by atomic mass is 15.0. The summed E-state index contributed by atoms with van der Waals surface area (Å²) < 4.78 is 2.43. The van der Waals surface area contributed by atoms with E-state index in [9.17, 15) is 0 Å². The first-order chi connectivity index (χ1) is 19.8. The lowest BCUT2D eigenvalue weighted by atomic mass is 10.00. The molecular formula is C38H24N2. The van der Waals surface area contributed by atoms with Crippen molar-refractivity contribution in [2.45, 2.75) is 0 Å². The molecule has 9 aromatic rings. The van der Waals surface area contributed by atoms with Gasteiger partial charge in [0.15, 0.2) is 0 Å². The lowest BCUT2D eigenvalue weighted by Gasteiger charge is -2.10. The van der Waals surface area contributed by atoms with Crippen LogP contribution in [-0.2, 0) is 0 Å². The fourth-order valence-corrected chi connectivity index (χ4v) is 6.66. The van der Waals surface area contributed by atoms with Crippen LogP contribution in [-0.4, -0.2) is 9.55 Å². The van der Waals surface area contributed by atoms with Crippen LogP contribution < -0.4 is 0 Å². The molecule has 0 fully saturated rings. The predicted molar refractivity (Wildman–Crippen MR) is 171 cm³/mol. The maximum absolute atomic E-state index is 3.54. The topological polar surface area (TPSA) is 20.7 Å². The second-order valence-electron chi connectivity index (χ2n) is 10.7. The van der Waals surface area contributed by atoms with E-state index in [1.807, 2.05) is 0 Å². The van der Waals surface area contributed by atoms with E-state index in [-0.39, 0.29) is 0 Å². The highest BCUT2D eigenvalue weighted by molar-refractivity contribution is 6.28. The van der Waals surface area contributed by atoms with Gasteiger partial charge in [-0.15, -0.1) is 0 Å². The van der Waals surface area contributed by atoms with E-state index in [1.165, 1.54) is 82.0 Å². The van der Waals surface area contributed by atoms with Gasteiger partial charge >= 0.3 is 0 Å². The lowest BCUT2D eigenvalue weighted by Crippen LogP contribution is -1.94. The number of nitrogens with one attached hydrogen (secondary N) is 1. The number of para-hydroxylation sites is 1. The van der Waals surface area contributed by atoms with E-state index in [1.54, 1.807) is 0 Å². The lowest BCUT2D eigenvalue weighted by molar-refractivity contribution is 1.18. The Hall–Kier alpha value is -5.34. The molecule has 0 aliphatic heterocycles. The van der Waals surface area contributed by atoms with E-state index < -0.39 is 0 Å². The SMILES string of the molecule is c1ccc2c(c1)ccc1c2c2c3ccccc3ccc2n1-c1ccc(-c2ccc3[nH]c4ccccc4c3c2)cc1. The third-order valence-corrected chi connectivity index (χ3v) is 8.51. The quantitative estimate of drug-likeness (QED) is 0.240. The molecule has 0 radical (unpaired) electrons. The highest BCUT2D eigenvalue weighted by Crippen LogP contribution is 2.40. The number of H-pyrrole nitrogens is 1. The summed E-state index contributed by atoms with van der Waals surface area (Å²) in [4.78, 5) is 3.54. The zero-order valence-corrected chi connectivity index (χ0v) is 21.7. The van der Waals surface area contributed by atoms with Crippen LogP contribution in [0.15, 0.2) is 140 Å². The average molecular weight is 509 g/mol. The predicted octanol–water partition coefficient (Wildman–Crippen LogP) is 10.4. The molecule has 0 unspecified atom stereocenters. The van der Waals surface area contributed by atoms with Crippen LogP contribution in [0.4, 0.5) is 0 Å². The Balaban J connectivity index is 1.27. The van der Waals surface area contributed by atoms with E-state index in [2.05, 4.69) is 149 Å². The van der Waals surface area contributed by atoms with Gasteiger partial charge in [0.05, 0.1) is 11.0 Å². The van der Waals surface area contributed by atoms with Gasteiger partial charge in [0.1, 0.15) is 0 Å². The summed E-state index contributed by atoms with van der Waals surface area (Å²) in [5.74, 6) is 0. The molecule has 40 heavy (non-hydrogen) atoms. The van der Waals surface area contributed by atoms with Gasteiger partial charge in [-0.05, 0) is 75.1 Å². The Kier molecular flexibility index (Phi) is 4.36. The third kappa shape index (κ3) is 2.99. The molecule has 0 amide bonds. The van der Waals surface area contributed by atoms with Gasteiger partial charge in [0.2, 0.25) is 0 Å². The fraction of sp³-hybridized carbons (Fsp3) is 0. The van der Waals surface area contributed by atoms with Gasteiger partial charge in [-0.2, -0.15) is 0 Å². The summed E-state index contributed by atoms with van der Waals surface area (Å²) >= 11 is 0. The van der Waals surface area contributed by atoms with Crippen LogP contribution in [0.3, 0.4) is 0 Å². The minimum absolute atomic E-state index is 1.17. The zero-order valence-electron chi connectivity index (χ0n) is 21.7. The highest BCUT2D eigenvalue weighted by Gasteiger charge is 2.17. The smallest absolute Gasteiger partial charge is 0.0547 e. The molecule has 0 spiro atoms. The van der Waals surface area contributed by atoms with Crippen LogP contribution in [0.1, 0.15) is 0 Å². The standard InChI is InChI=1S/C38H24N2/c1-3-9-29-25(7-1)16-21-35-37(29)38-30-10-4-2-8-26(30)17-22-36(38)40(35)28-18-13-24(14-19-28)27-15-20-34-32(23-27)31-11-5-6-12-33(31)39-34/h1-23,39H. The molecule has 0 saturated heterocycles. The maximum atomic E-state index is 3.54. The van der Waals surface area contributed by atoms with Crippen molar-refractivity contribution in [3.8, 4) is 16.8 Å². The molecular weight excluding hydrogens is 484 g/mol. The van der Waals surface area contributed by atoms with Crippen molar-refractivity contribution in [2.75, 3.05) is 0 Å². The van der Waals surface area contributed by atoms with Crippen molar-refractivity contribution >= 4 is 65.2 Å². The number of hydrogen-bond acceptors (Lipinski definition) is 0. The maximum Gasteiger partial charge on any atom is 0.0547 e. The van der Waals surface area contributed by atoms with Crippen LogP contribution >= 0.6 is 0 Å². The first-order valence-corrected chi connectivity index (χ1v) is 13.8. The molecule has 0 aliphatic carbocycles. The number of aromatic amines is 1. The molecule has 9 rings (SSSR count). The van der Waals surface area contributed by atoms with Crippen LogP contribution in [0.25, 0.3) is 82.0 Å². The summed E-state index contributed by atoms with van der Waals surface area (Å²) in [6.45, 7) is 0. The molecule has 2 heteroatoms. The van der Waals surface area contributed by atoms with Crippen molar-refractivity contribution in [2.24, 2.45) is 0 Å².